The monoisotopic (exact) mass is 224 g/mol. The van der Waals surface area contributed by atoms with E-state index in [1.165, 1.54) is 0 Å². The molecule has 0 radical (unpaired) electrons. The maximum atomic E-state index is 8.76. The molecule has 0 spiro atoms. The molecule has 4 nitrogen and oxygen atoms in total. The van der Waals surface area contributed by atoms with E-state index in [-0.39, 0.29) is 12.6 Å². The number of nitrogens with one attached hydrogen (secondary N) is 1. The molecular weight excluding hydrogens is 204 g/mol. The predicted molar refractivity (Wildman–Crippen MR) is 64.9 cm³/mol. The summed E-state index contributed by atoms with van der Waals surface area (Å²) in [4.78, 5) is 4.39. The molecule has 0 aliphatic heterocycles. The molecule has 1 aromatic heterocycles. The summed E-state index contributed by atoms with van der Waals surface area (Å²) in [7, 11) is 1.63. The maximum absolute atomic E-state index is 8.76. The van der Waals surface area contributed by atoms with Crippen LogP contribution in [0.15, 0.2) is 12.1 Å². The van der Waals surface area contributed by atoms with Crippen LogP contribution in [-0.2, 0) is 0 Å². The second-order valence-electron chi connectivity index (χ2n) is 3.91. The van der Waals surface area contributed by atoms with Crippen molar-refractivity contribution >= 4 is 5.82 Å². The number of hydrogen-bond donors (Lipinski definition) is 2. The van der Waals surface area contributed by atoms with Gasteiger partial charge >= 0.3 is 0 Å². The molecule has 1 heterocycles. The van der Waals surface area contributed by atoms with Crippen molar-refractivity contribution in [3.63, 3.8) is 0 Å². The Hall–Kier alpha value is -1.29. The number of rotatable bonds is 6. The van der Waals surface area contributed by atoms with Gasteiger partial charge in [0.15, 0.2) is 11.6 Å². The lowest BCUT2D eigenvalue weighted by Gasteiger charge is -2.16. The first-order chi connectivity index (χ1) is 7.67. The summed E-state index contributed by atoms with van der Waals surface area (Å²) in [5.74, 6) is 1.52. The van der Waals surface area contributed by atoms with Gasteiger partial charge in [-0.05, 0) is 38.8 Å². The fourth-order valence-corrected chi connectivity index (χ4v) is 1.52. The van der Waals surface area contributed by atoms with Gasteiger partial charge < -0.3 is 15.2 Å². The van der Waals surface area contributed by atoms with Gasteiger partial charge in [0, 0.05) is 18.3 Å². The van der Waals surface area contributed by atoms with Crippen molar-refractivity contribution in [2.24, 2.45) is 0 Å². The number of aliphatic hydroxyl groups is 1. The molecule has 0 fully saturated rings. The number of ether oxygens (including phenoxy) is 1. The Bertz CT molecular complexity index is 329. The van der Waals surface area contributed by atoms with Crippen LogP contribution in [0.25, 0.3) is 0 Å². The lowest BCUT2D eigenvalue weighted by molar-refractivity contribution is 0.282. The topological polar surface area (TPSA) is 54.4 Å². The van der Waals surface area contributed by atoms with Crippen LogP contribution >= 0.6 is 0 Å². The molecule has 0 amide bonds. The van der Waals surface area contributed by atoms with Crippen molar-refractivity contribution in [2.75, 3.05) is 19.0 Å². The minimum atomic E-state index is 0.227. The summed E-state index contributed by atoms with van der Waals surface area (Å²) in [6.45, 7) is 4.24. The molecule has 0 aliphatic carbocycles. The lowest BCUT2D eigenvalue weighted by atomic mass is 10.2. The number of aromatic nitrogens is 1. The third-order valence-corrected chi connectivity index (χ3v) is 2.40. The largest absolute Gasteiger partial charge is 0.493 e. The lowest BCUT2D eigenvalue weighted by Crippen LogP contribution is -2.17. The van der Waals surface area contributed by atoms with Gasteiger partial charge in [-0.2, -0.15) is 0 Å². The molecule has 0 bridgehead atoms. The van der Waals surface area contributed by atoms with Gasteiger partial charge in [-0.3, -0.25) is 0 Å². The number of anilines is 1. The molecule has 2 N–H and O–H groups in total. The molecule has 0 saturated heterocycles. The van der Waals surface area contributed by atoms with Crippen molar-refractivity contribution in [1.82, 2.24) is 4.98 Å². The minimum Gasteiger partial charge on any atom is -0.493 e. The quantitative estimate of drug-likeness (QED) is 0.775. The third kappa shape index (κ3) is 3.70. The predicted octanol–water partition coefficient (Wildman–Crippen LogP) is 1.97. The van der Waals surface area contributed by atoms with Gasteiger partial charge in [-0.15, -0.1) is 0 Å². The SMILES string of the molecule is COc1ccc(C)nc1NC(C)CCCO. The summed E-state index contributed by atoms with van der Waals surface area (Å²) in [6.07, 6.45) is 1.71. The van der Waals surface area contributed by atoms with Crippen molar-refractivity contribution in [1.29, 1.82) is 0 Å². The van der Waals surface area contributed by atoms with Gasteiger partial charge in [-0.1, -0.05) is 0 Å². The van der Waals surface area contributed by atoms with E-state index in [0.717, 1.165) is 30.1 Å². The molecule has 0 aromatic carbocycles. The van der Waals surface area contributed by atoms with E-state index < -0.39 is 0 Å². The van der Waals surface area contributed by atoms with E-state index >= 15 is 0 Å². The summed E-state index contributed by atoms with van der Waals surface area (Å²) >= 11 is 0. The molecular formula is C12H20N2O2. The number of pyridine rings is 1. The molecule has 0 saturated carbocycles. The number of nitrogens with zero attached hydrogens (tertiary/aromatic N) is 1. The Labute approximate surface area is 96.7 Å². The van der Waals surface area contributed by atoms with E-state index in [1.807, 2.05) is 19.1 Å². The summed E-state index contributed by atoms with van der Waals surface area (Å²) in [5, 5.41) is 12.0. The van der Waals surface area contributed by atoms with Crippen LogP contribution in [0.2, 0.25) is 0 Å². The zero-order valence-corrected chi connectivity index (χ0v) is 10.2. The van der Waals surface area contributed by atoms with Gasteiger partial charge in [0.05, 0.1) is 7.11 Å². The Balaban J connectivity index is 2.67. The number of methoxy groups -OCH3 is 1. The maximum Gasteiger partial charge on any atom is 0.169 e. The highest BCUT2D eigenvalue weighted by molar-refractivity contribution is 5.51. The zero-order chi connectivity index (χ0) is 12.0. The summed E-state index contributed by atoms with van der Waals surface area (Å²) in [6, 6.07) is 4.10. The van der Waals surface area contributed by atoms with Gasteiger partial charge in [-0.25, -0.2) is 4.98 Å². The minimum absolute atomic E-state index is 0.227. The third-order valence-electron chi connectivity index (χ3n) is 2.40. The van der Waals surface area contributed by atoms with Crippen LogP contribution in [-0.4, -0.2) is 29.8 Å². The molecule has 0 aliphatic rings. The summed E-state index contributed by atoms with van der Waals surface area (Å²) in [5.41, 5.74) is 0.956. The standard InChI is InChI=1S/C12H20N2O2/c1-9(5-4-8-15)13-12-11(16-3)7-6-10(2)14-12/h6-7,9,15H,4-5,8H2,1-3H3,(H,13,14). The summed E-state index contributed by atoms with van der Waals surface area (Å²) < 4.78 is 5.23. The first-order valence-electron chi connectivity index (χ1n) is 5.56. The highest BCUT2D eigenvalue weighted by atomic mass is 16.5. The van der Waals surface area contributed by atoms with E-state index in [1.54, 1.807) is 7.11 Å². The van der Waals surface area contributed by atoms with E-state index in [4.69, 9.17) is 9.84 Å². The second kappa shape index (κ2) is 6.33. The molecule has 1 atom stereocenters. The highest BCUT2D eigenvalue weighted by Crippen LogP contribution is 2.22. The van der Waals surface area contributed by atoms with Gasteiger partial charge in [0.2, 0.25) is 0 Å². The Morgan fingerprint density at radius 3 is 2.88 bits per heavy atom. The number of aliphatic hydroxyl groups excluding tert-OH is 1. The molecule has 4 heteroatoms. The van der Waals surface area contributed by atoms with Crippen molar-refractivity contribution in [3.05, 3.63) is 17.8 Å². The average molecular weight is 224 g/mol. The van der Waals surface area contributed by atoms with E-state index in [0.29, 0.717) is 0 Å². The molecule has 1 aromatic rings. The zero-order valence-electron chi connectivity index (χ0n) is 10.2. The van der Waals surface area contributed by atoms with Crippen molar-refractivity contribution in [2.45, 2.75) is 32.7 Å². The Kier molecular flexibility index (Phi) is 5.05. The fourth-order valence-electron chi connectivity index (χ4n) is 1.52. The van der Waals surface area contributed by atoms with Crippen molar-refractivity contribution < 1.29 is 9.84 Å². The van der Waals surface area contributed by atoms with E-state index in [9.17, 15) is 0 Å². The fraction of sp³-hybridized carbons (Fsp3) is 0.583. The smallest absolute Gasteiger partial charge is 0.169 e. The van der Waals surface area contributed by atoms with Crippen LogP contribution in [0.4, 0.5) is 5.82 Å². The molecule has 90 valence electrons. The average Bonchev–Trinajstić information content (AvgIpc) is 2.27. The van der Waals surface area contributed by atoms with Crippen LogP contribution < -0.4 is 10.1 Å². The van der Waals surface area contributed by atoms with Gasteiger partial charge in [0.1, 0.15) is 0 Å². The van der Waals surface area contributed by atoms with Crippen LogP contribution in [0.3, 0.4) is 0 Å². The first-order valence-corrected chi connectivity index (χ1v) is 5.56. The number of hydrogen-bond acceptors (Lipinski definition) is 4. The van der Waals surface area contributed by atoms with Crippen LogP contribution in [0.5, 0.6) is 5.75 Å². The first kappa shape index (κ1) is 12.8. The molecule has 16 heavy (non-hydrogen) atoms. The van der Waals surface area contributed by atoms with Crippen molar-refractivity contribution in [3.8, 4) is 5.75 Å². The highest BCUT2D eigenvalue weighted by Gasteiger charge is 2.08. The van der Waals surface area contributed by atoms with E-state index in [2.05, 4.69) is 17.2 Å². The Morgan fingerprint density at radius 2 is 2.25 bits per heavy atom. The van der Waals surface area contributed by atoms with Crippen LogP contribution in [0.1, 0.15) is 25.5 Å². The normalized spacial score (nSPS) is 12.2. The molecule has 1 rings (SSSR count). The Morgan fingerprint density at radius 1 is 1.50 bits per heavy atom. The van der Waals surface area contributed by atoms with Crippen LogP contribution in [0, 0.1) is 6.92 Å². The molecule has 1 unspecified atom stereocenters. The number of aryl methyl sites for hydroxylation is 1. The van der Waals surface area contributed by atoms with Gasteiger partial charge in [0.25, 0.3) is 0 Å². The second-order valence-corrected chi connectivity index (χ2v) is 3.91.